The van der Waals surface area contributed by atoms with Crippen molar-refractivity contribution in [1.29, 1.82) is 0 Å². The molecule has 13 heavy (non-hydrogen) atoms. The van der Waals surface area contributed by atoms with Gasteiger partial charge < -0.3 is 9.84 Å². The van der Waals surface area contributed by atoms with Crippen LogP contribution < -0.4 is 5.32 Å². The largest absolute Gasteiger partial charge is 0.364 e. The molecular formula is C10H16N2O. The number of hydrogen-bond acceptors (Lipinski definition) is 3. The molecule has 1 N–H and O–H groups in total. The van der Waals surface area contributed by atoms with Gasteiger partial charge in [0.05, 0.1) is 5.69 Å². The summed E-state index contributed by atoms with van der Waals surface area (Å²) < 4.78 is 4.75. The van der Waals surface area contributed by atoms with Gasteiger partial charge in [-0.1, -0.05) is 18.0 Å². The van der Waals surface area contributed by atoms with E-state index in [1.165, 1.54) is 19.3 Å². The summed E-state index contributed by atoms with van der Waals surface area (Å²) in [6, 6.07) is 2.50. The Hall–Kier alpha value is -0.830. The monoisotopic (exact) mass is 180 g/mol. The Balaban J connectivity index is 1.66. The van der Waals surface area contributed by atoms with Crippen molar-refractivity contribution in [3.05, 3.63) is 18.0 Å². The highest BCUT2D eigenvalue weighted by atomic mass is 16.5. The molecule has 0 radical (unpaired) electrons. The van der Waals surface area contributed by atoms with Crippen LogP contribution in [0.5, 0.6) is 0 Å². The molecule has 0 aromatic carbocycles. The van der Waals surface area contributed by atoms with Gasteiger partial charge in [-0.05, 0) is 19.3 Å². The third-order valence-corrected chi connectivity index (χ3v) is 2.51. The third kappa shape index (κ3) is 2.84. The fraction of sp³-hybridized carbons (Fsp3) is 0.700. The van der Waals surface area contributed by atoms with Crippen LogP contribution in [0.3, 0.4) is 0 Å². The minimum atomic E-state index is 0.601. The molecule has 1 unspecified atom stereocenters. The van der Waals surface area contributed by atoms with Crippen LogP contribution in [-0.2, 0) is 6.54 Å². The van der Waals surface area contributed by atoms with Crippen LogP contribution in [0, 0.1) is 5.92 Å². The Labute approximate surface area is 78.5 Å². The summed E-state index contributed by atoms with van der Waals surface area (Å²) in [5.74, 6) is 0.986. The van der Waals surface area contributed by atoms with E-state index in [2.05, 4.69) is 17.4 Å². The molecule has 1 aliphatic rings. The highest BCUT2D eigenvalue weighted by molar-refractivity contribution is 4.94. The lowest BCUT2D eigenvalue weighted by molar-refractivity contribution is 0.402. The molecule has 1 aliphatic carbocycles. The van der Waals surface area contributed by atoms with Gasteiger partial charge in [-0.3, -0.25) is 0 Å². The molecule has 0 amide bonds. The van der Waals surface area contributed by atoms with Gasteiger partial charge in [-0.25, -0.2) is 0 Å². The zero-order valence-corrected chi connectivity index (χ0v) is 7.99. The average molecular weight is 180 g/mol. The molecule has 2 rings (SSSR count). The van der Waals surface area contributed by atoms with Gasteiger partial charge in [-0.2, -0.15) is 0 Å². The quantitative estimate of drug-likeness (QED) is 0.752. The van der Waals surface area contributed by atoms with E-state index >= 15 is 0 Å². The predicted octanol–water partition coefficient (Wildman–Crippen LogP) is 1.95. The van der Waals surface area contributed by atoms with Crippen LogP contribution in [0.25, 0.3) is 0 Å². The molecule has 1 aromatic heterocycles. The van der Waals surface area contributed by atoms with Crippen molar-refractivity contribution < 1.29 is 4.52 Å². The molecule has 1 fully saturated rings. The summed E-state index contributed by atoms with van der Waals surface area (Å²) in [6.45, 7) is 3.06. The van der Waals surface area contributed by atoms with Crippen LogP contribution >= 0.6 is 0 Å². The molecule has 1 heterocycles. The molecule has 0 saturated heterocycles. The number of hydrogen-bond donors (Lipinski definition) is 1. The fourth-order valence-corrected chi connectivity index (χ4v) is 1.54. The van der Waals surface area contributed by atoms with E-state index in [1.807, 2.05) is 6.07 Å². The van der Waals surface area contributed by atoms with Gasteiger partial charge >= 0.3 is 0 Å². The first-order valence-electron chi connectivity index (χ1n) is 4.97. The van der Waals surface area contributed by atoms with Gasteiger partial charge in [0.25, 0.3) is 0 Å². The Morgan fingerprint density at radius 1 is 1.69 bits per heavy atom. The summed E-state index contributed by atoms with van der Waals surface area (Å²) in [5.41, 5.74) is 0.989. The third-order valence-electron chi connectivity index (χ3n) is 2.51. The molecule has 0 bridgehead atoms. The van der Waals surface area contributed by atoms with Crippen LogP contribution in [0.1, 0.15) is 31.9 Å². The second kappa shape index (κ2) is 3.92. The molecule has 72 valence electrons. The lowest BCUT2D eigenvalue weighted by Crippen LogP contribution is -2.25. The van der Waals surface area contributed by atoms with E-state index in [4.69, 9.17) is 4.52 Å². The number of nitrogens with one attached hydrogen (secondary N) is 1. The SMILES string of the molecule is CC(CC1CC1)NCc1ccon1. The number of aromatic nitrogens is 1. The Morgan fingerprint density at radius 3 is 3.15 bits per heavy atom. The van der Waals surface area contributed by atoms with E-state index in [9.17, 15) is 0 Å². The van der Waals surface area contributed by atoms with Crippen LogP contribution in [0.15, 0.2) is 16.9 Å². The minimum absolute atomic E-state index is 0.601. The second-order valence-electron chi connectivity index (χ2n) is 3.95. The molecule has 1 aromatic rings. The molecule has 3 nitrogen and oxygen atoms in total. The number of rotatable bonds is 5. The lowest BCUT2D eigenvalue weighted by Gasteiger charge is -2.11. The molecule has 1 saturated carbocycles. The summed E-state index contributed by atoms with van der Waals surface area (Å²) in [6.07, 6.45) is 5.77. The van der Waals surface area contributed by atoms with Crippen molar-refractivity contribution >= 4 is 0 Å². The maximum atomic E-state index is 4.75. The first-order valence-corrected chi connectivity index (χ1v) is 4.97. The molecule has 0 aliphatic heterocycles. The van der Waals surface area contributed by atoms with Gasteiger partial charge in [0.2, 0.25) is 0 Å². The zero-order chi connectivity index (χ0) is 9.10. The first kappa shape index (κ1) is 8.75. The van der Waals surface area contributed by atoms with Crippen molar-refractivity contribution in [3.8, 4) is 0 Å². The van der Waals surface area contributed by atoms with Crippen LogP contribution in [0.4, 0.5) is 0 Å². The van der Waals surface area contributed by atoms with Crippen LogP contribution in [0.2, 0.25) is 0 Å². The van der Waals surface area contributed by atoms with Gasteiger partial charge in [0.1, 0.15) is 6.26 Å². The van der Waals surface area contributed by atoms with Crippen LogP contribution in [-0.4, -0.2) is 11.2 Å². The highest BCUT2D eigenvalue weighted by Crippen LogP contribution is 2.33. The fourth-order valence-electron chi connectivity index (χ4n) is 1.54. The van der Waals surface area contributed by atoms with E-state index in [0.717, 1.165) is 18.2 Å². The van der Waals surface area contributed by atoms with E-state index in [-0.39, 0.29) is 0 Å². The maximum absolute atomic E-state index is 4.75. The molecule has 1 atom stereocenters. The average Bonchev–Trinajstić information content (AvgIpc) is 2.78. The Bertz CT molecular complexity index is 241. The van der Waals surface area contributed by atoms with Crippen molar-refractivity contribution in [2.75, 3.05) is 0 Å². The summed E-state index contributed by atoms with van der Waals surface area (Å²) in [7, 11) is 0. The number of nitrogens with zero attached hydrogens (tertiary/aromatic N) is 1. The van der Waals surface area contributed by atoms with Crippen molar-refractivity contribution in [1.82, 2.24) is 10.5 Å². The topological polar surface area (TPSA) is 38.1 Å². The Kier molecular flexibility index (Phi) is 2.64. The van der Waals surface area contributed by atoms with E-state index in [1.54, 1.807) is 6.26 Å². The summed E-state index contributed by atoms with van der Waals surface area (Å²) in [5, 5.41) is 7.28. The van der Waals surface area contributed by atoms with Crippen molar-refractivity contribution in [3.63, 3.8) is 0 Å². The summed E-state index contributed by atoms with van der Waals surface area (Å²) in [4.78, 5) is 0. The molecule has 0 spiro atoms. The maximum Gasteiger partial charge on any atom is 0.124 e. The van der Waals surface area contributed by atoms with Gasteiger partial charge in [-0.15, -0.1) is 0 Å². The van der Waals surface area contributed by atoms with Gasteiger partial charge in [0, 0.05) is 18.7 Å². The second-order valence-corrected chi connectivity index (χ2v) is 3.95. The van der Waals surface area contributed by atoms with Gasteiger partial charge in [0.15, 0.2) is 0 Å². The zero-order valence-electron chi connectivity index (χ0n) is 7.99. The smallest absolute Gasteiger partial charge is 0.124 e. The molecular weight excluding hydrogens is 164 g/mol. The minimum Gasteiger partial charge on any atom is -0.364 e. The first-order chi connectivity index (χ1) is 6.34. The Morgan fingerprint density at radius 2 is 2.54 bits per heavy atom. The van der Waals surface area contributed by atoms with Crippen molar-refractivity contribution in [2.24, 2.45) is 5.92 Å². The normalized spacial score (nSPS) is 18.8. The van der Waals surface area contributed by atoms with E-state index in [0.29, 0.717) is 6.04 Å². The van der Waals surface area contributed by atoms with E-state index < -0.39 is 0 Å². The predicted molar refractivity (Wildman–Crippen MR) is 50.1 cm³/mol. The molecule has 3 heteroatoms. The standard InChI is InChI=1S/C10H16N2O/c1-8(6-9-2-3-9)11-7-10-4-5-13-12-10/h4-5,8-9,11H,2-3,6-7H2,1H3. The highest BCUT2D eigenvalue weighted by Gasteiger charge is 2.23. The summed E-state index contributed by atoms with van der Waals surface area (Å²) >= 11 is 0. The lowest BCUT2D eigenvalue weighted by atomic mass is 10.1. The van der Waals surface area contributed by atoms with Crippen molar-refractivity contribution in [2.45, 2.75) is 38.8 Å².